The summed E-state index contributed by atoms with van der Waals surface area (Å²) in [5, 5.41) is 9.56. The van der Waals surface area contributed by atoms with E-state index < -0.39 is 0 Å². The molecule has 4 aromatic heterocycles. The van der Waals surface area contributed by atoms with Crippen molar-refractivity contribution in [3.63, 3.8) is 0 Å². The van der Waals surface area contributed by atoms with Crippen LogP contribution in [0, 0.1) is 0 Å². The number of hydrogen-bond donors (Lipinski definition) is 0. The number of aromatic nitrogens is 5. The highest BCUT2D eigenvalue weighted by molar-refractivity contribution is 6.29. The lowest BCUT2D eigenvalue weighted by atomic mass is 10.00. The van der Waals surface area contributed by atoms with Crippen molar-refractivity contribution in [3.05, 3.63) is 249 Å². The molecule has 71 heavy (non-hydrogen) atoms. The van der Waals surface area contributed by atoms with Crippen LogP contribution in [0.1, 0.15) is 0 Å². The largest absolute Gasteiger partial charge is 0.309 e. The topological polar surface area (TPSA) is 40.6 Å². The fraction of sp³-hybridized carbons (Fsp3) is 0. The van der Waals surface area contributed by atoms with Crippen LogP contribution in [0.4, 0.5) is 0 Å². The first-order chi connectivity index (χ1) is 35.2. The predicted octanol–water partition coefficient (Wildman–Crippen LogP) is 17.1. The van der Waals surface area contributed by atoms with E-state index in [0.29, 0.717) is 0 Å². The van der Waals surface area contributed by atoms with E-state index in [1.54, 1.807) is 0 Å². The van der Waals surface area contributed by atoms with Gasteiger partial charge in [-0.1, -0.05) is 176 Å². The summed E-state index contributed by atoms with van der Waals surface area (Å²) < 4.78 is 7.23. The Labute approximate surface area is 408 Å². The van der Waals surface area contributed by atoms with Gasteiger partial charge in [0.25, 0.3) is 0 Å². The van der Waals surface area contributed by atoms with E-state index >= 15 is 0 Å². The summed E-state index contributed by atoms with van der Waals surface area (Å²) >= 11 is 0. The molecule has 0 unspecified atom stereocenters. The van der Waals surface area contributed by atoms with Crippen molar-refractivity contribution in [3.8, 4) is 50.7 Å². The number of rotatable bonds is 6. The molecule has 5 nitrogen and oxygen atoms in total. The molecule has 0 spiro atoms. The minimum Gasteiger partial charge on any atom is -0.309 e. The molecule has 0 aliphatic rings. The fourth-order valence-electron chi connectivity index (χ4n) is 11.5. The average molecular weight is 904 g/mol. The minimum absolute atomic E-state index is 0.807. The Morgan fingerprint density at radius 3 is 1.45 bits per heavy atom. The van der Waals surface area contributed by atoms with Crippen molar-refractivity contribution in [2.75, 3.05) is 0 Å². The van der Waals surface area contributed by atoms with E-state index in [1.165, 1.54) is 60.2 Å². The summed E-state index contributed by atoms with van der Waals surface area (Å²) in [6, 6.07) is 89.7. The molecule has 0 saturated heterocycles. The number of nitrogens with zero attached hydrogens (tertiary/aromatic N) is 5. The SMILES string of the molecule is c1ccc(-c2ccc(-c3cccc(-n4c5ccccc5c5c6c7ccccc7n(-c7ccc8c(c7)c7ccccc7n8-c7nc8ccccc8nc7-c7cccc8ccccc78)c6ccc54)c3)cc2)cc1. The van der Waals surface area contributed by atoms with Gasteiger partial charge >= 0.3 is 0 Å². The van der Waals surface area contributed by atoms with Gasteiger partial charge in [0.05, 0.1) is 44.1 Å². The molecule has 0 radical (unpaired) electrons. The Morgan fingerprint density at radius 1 is 0.268 bits per heavy atom. The van der Waals surface area contributed by atoms with E-state index in [4.69, 9.17) is 9.97 Å². The molecule has 15 rings (SSSR count). The molecule has 0 amide bonds. The van der Waals surface area contributed by atoms with Crippen LogP contribution in [0.3, 0.4) is 0 Å². The first kappa shape index (κ1) is 39.4. The standard InChI is InChI=1S/C66H41N5/c1-2-16-42(17-3-1)43-32-34-44(35-33-43)46-20-14-21-47(40-46)69-58-30-12-7-24-52(58)63-61(69)38-39-62-64(63)53-25-8-13-31-59(53)70(62)48-36-37-60-54(41-48)50-23-6-11-29-57(50)71(60)66-65(67-55-27-9-10-28-56(55)68-66)51-26-15-19-45-18-4-5-22-49(45)51/h1-41H. The van der Waals surface area contributed by atoms with E-state index in [0.717, 1.165) is 77.7 Å². The normalized spacial score (nSPS) is 11.9. The van der Waals surface area contributed by atoms with Crippen LogP contribution in [0.2, 0.25) is 0 Å². The van der Waals surface area contributed by atoms with Crippen LogP contribution in [-0.4, -0.2) is 23.7 Å². The third-order valence-electron chi connectivity index (χ3n) is 14.6. The van der Waals surface area contributed by atoms with Gasteiger partial charge in [0, 0.05) is 49.3 Å². The van der Waals surface area contributed by atoms with Crippen LogP contribution in [0.5, 0.6) is 0 Å². The first-order valence-corrected chi connectivity index (χ1v) is 24.2. The molecule has 0 fully saturated rings. The van der Waals surface area contributed by atoms with E-state index in [1.807, 2.05) is 12.1 Å². The third kappa shape index (κ3) is 6.00. The van der Waals surface area contributed by atoms with E-state index in [9.17, 15) is 0 Å². The molecule has 0 aliphatic carbocycles. The van der Waals surface area contributed by atoms with Crippen molar-refractivity contribution in [1.82, 2.24) is 23.7 Å². The molecular weight excluding hydrogens is 863 g/mol. The van der Waals surface area contributed by atoms with Crippen molar-refractivity contribution in [2.45, 2.75) is 0 Å². The van der Waals surface area contributed by atoms with Crippen LogP contribution in [-0.2, 0) is 0 Å². The van der Waals surface area contributed by atoms with Crippen LogP contribution in [0.15, 0.2) is 249 Å². The van der Waals surface area contributed by atoms with Crippen molar-refractivity contribution < 1.29 is 0 Å². The predicted molar refractivity (Wildman–Crippen MR) is 296 cm³/mol. The van der Waals surface area contributed by atoms with Gasteiger partial charge in [-0.05, 0) is 106 Å². The lowest BCUT2D eigenvalue weighted by Crippen LogP contribution is -2.04. The summed E-state index contributed by atoms with van der Waals surface area (Å²) in [7, 11) is 0. The fourth-order valence-corrected chi connectivity index (χ4v) is 11.5. The minimum atomic E-state index is 0.807. The zero-order valence-corrected chi connectivity index (χ0v) is 38.4. The summed E-state index contributed by atoms with van der Waals surface area (Å²) in [5.74, 6) is 0.807. The highest BCUT2D eigenvalue weighted by atomic mass is 15.1. The molecule has 0 N–H and O–H groups in total. The Morgan fingerprint density at radius 2 is 0.746 bits per heavy atom. The molecule has 5 heteroatoms. The maximum absolute atomic E-state index is 5.46. The quantitative estimate of drug-likeness (QED) is 0.167. The van der Waals surface area contributed by atoms with Gasteiger partial charge in [0.1, 0.15) is 5.69 Å². The number of hydrogen-bond acceptors (Lipinski definition) is 2. The Balaban J connectivity index is 0.929. The second-order valence-corrected chi connectivity index (χ2v) is 18.5. The monoisotopic (exact) mass is 903 g/mol. The molecule has 330 valence electrons. The molecular formula is C66H41N5. The smallest absolute Gasteiger partial charge is 0.165 e. The molecule has 4 heterocycles. The summed E-state index contributed by atoms with van der Waals surface area (Å²) in [4.78, 5) is 10.9. The van der Waals surface area contributed by atoms with Gasteiger partial charge in [0.2, 0.25) is 0 Å². The lowest BCUT2D eigenvalue weighted by molar-refractivity contribution is 1.08. The highest BCUT2D eigenvalue weighted by Crippen LogP contribution is 2.44. The lowest BCUT2D eigenvalue weighted by Gasteiger charge is -2.15. The first-order valence-electron chi connectivity index (χ1n) is 24.2. The molecule has 0 aliphatic heterocycles. The van der Waals surface area contributed by atoms with Crippen LogP contribution in [0.25, 0.3) is 138 Å². The summed E-state index contributed by atoms with van der Waals surface area (Å²) in [5.41, 5.74) is 17.5. The Kier molecular flexibility index (Phi) is 8.59. The number of benzene rings is 11. The van der Waals surface area contributed by atoms with Crippen molar-refractivity contribution in [1.29, 1.82) is 0 Å². The van der Waals surface area contributed by atoms with E-state index in [-0.39, 0.29) is 0 Å². The zero-order chi connectivity index (χ0) is 46.6. The maximum atomic E-state index is 5.46. The second-order valence-electron chi connectivity index (χ2n) is 18.5. The maximum Gasteiger partial charge on any atom is 0.165 e. The summed E-state index contributed by atoms with van der Waals surface area (Å²) in [6.07, 6.45) is 0. The second kappa shape index (κ2) is 15.5. The third-order valence-corrected chi connectivity index (χ3v) is 14.6. The van der Waals surface area contributed by atoms with Crippen LogP contribution < -0.4 is 0 Å². The number of fused-ring (bicyclic) bond motifs is 12. The van der Waals surface area contributed by atoms with Gasteiger partial charge < -0.3 is 9.13 Å². The van der Waals surface area contributed by atoms with Gasteiger partial charge in [-0.2, -0.15) is 0 Å². The molecule has 0 bridgehead atoms. The molecule has 11 aromatic carbocycles. The Bertz CT molecular complexity index is 4630. The number of para-hydroxylation sites is 5. The van der Waals surface area contributed by atoms with Crippen LogP contribution >= 0.6 is 0 Å². The van der Waals surface area contributed by atoms with Crippen molar-refractivity contribution >= 4 is 87.2 Å². The highest BCUT2D eigenvalue weighted by Gasteiger charge is 2.24. The van der Waals surface area contributed by atoms with E-state index in [2.05, 4.69) is 250 Å². The van der Waals surface area contributed by atoms with Crippen molar-refractivity contribution in [2.24, 2.45) is 0 Å². The average Bonchev–Trinajstić information content (AvgIpc) is 4.08. The molecule has 15 aromatic rings. The van der Waals surface area contributed by atoms with Gasteiger partial charge in [-0.25, -0.2) is 9.97 Å². The van der Waals surface area contributed by atoms with Gasteiger partial charge in [0.15, 0.2) is 5.82 Å². The van der Waals surface area contributed by atoms with Gasteiger partial charge in [-0.3, -0.25) is 4.57 Å². The van der Waals surface area contributed by atoms with Gasteiger partial charge in [-0.15, -0.1) is 0 Å². The zero-order valence-electron chi connectivity index (χ0n) is 38.4. The Hall–Kier alpha value is -9.58. The molecule has 0 saturated carbocycles. The molecule has 0 atom stereocenters. The summed E-state index contributed by atoms with van der Waals surface area (Å²) in [6.45, 7) is 0.